The van der Waals surface area contributed by atoms with Gasteiger partial charge in [0.05, 0.1) is 14.9 Å². The maximum Gasteiger partial charge on any atom is 0.0999 e. The van der Waals surface area contributed by atoms with Crippen molar-refractivity contribution in [2.45, 2.75) is 129 Å². The van der Waals surface area contributed by atoms with E-state index in [1.807, 2.05) is 0 Å². The van der Waals surface area contributed by atoms with Crippen LogP contribution < -0.4 is 6.15 Å². The molecular weight excluding hydrogens is 346 g/mol. The average Bonchev–Trinajstić information content (AvgIpc) is 2.49. The van der Waals surface area contributed by atoms with Crippen LogP contribution in [0, 0.1) is 5.92 Å². The van der Waals surface area contributed by atoms with Gasteiger partial charge in [-0.2, -0.15) is 0 Å². The van der Waals surface area contributed by atoms with Crippen LogP contribution in [0.1, 0.15) is 124 Å². The highest BCUT2D eigenvalue weighted by Gasteiger charge is 2.24. The van der Waals surface area contributed by atoms with E-state index in [4.69, 9.17) is 0 Å². The lowest BCUT2D eigenvalue weighted by Gasteiger charge is -2.27. The van der Waals surface area contributed by atoms with Crippen LogP contribution in [0.5, 0.6) is 0 Å². The highest BCUT2D eigenvalue weighted by Crippen LogP contribution is 2.23. The Morgan fingerprint density at radius 2 is 1.00 bits per heavy atom. The topological polar surface area (TPSA) is 93.7 Å². The van der Waals surface area contributed by atoms with Gasteiger partial charge in [0.1, 0.15) is 0 Å². The zero-order valence-electron chi connectivity index (χ0n) is 18.3. The van der Waals surface area contributed by atoms with E-state index >= 15 is 0 Å². The Morgan fingerprint density at radius 3 is 1.31 bits per heavy atom. The maximum atomic E-state index is 11.1. The van der Waals surface area contributed by atoms with E-state index in [-0.39, 0.29) is 6.15 Å². The molecule has 0 radical (unpaired) electrons. The third kappa shape index (κ3) is 16.1. The summed E-state index contributed by atoms with van der Waals surface area (Å²) >= 11 is 0. The maximum absolute atomic E-state index is 11.1. The van der Waals surface area contributed by atoms with Gasteiger partial charge in [-0.05, 0) is 26.2 Å². The molecule has 0 saturated heterocycles. The third-order valence-corrected chi connectivity index (χ3v) is 6.79. The van der Waals surface area contributed by atoms with Crippen molar-refractivity contribution in [2.24, 2.45) is 5.92 Å². The standard InChI is InChI=1S/C21H44O3S.H3N/c1-20(2)18-16-14-12-10-8-6-5-7-9-11-13-15-17-19-21(3,4)25(22,23)24;/h20H,5-19H2,1-4H3,(H,22,23,24);1H3. The average molecular weight is 394 g/mol. The van der Waals surface area contributed by atoms with Gasteiger partial charge in [-0.15, -0.1) is 0 Å². The molecule has 0 atom stereocenters. The minimum absolute atomic E-state index is 0. The lowest BCUT2D eigenvalue weighted by Crippen LogP contribution is -2.31. The fourth-order valence-electron chi connectivity index (χ4n) is 3.17. The molecule has 0 rings (SSSR count). The summed E-state index contributed by atoms with van der Waals surface area (Å²) in [6.07, 6.45) is 18.5. The molecule has 0 saturated carbocycles. The van der Waals surface area contributed by atoms with E-state index in [0.29, 0.717) is 6.42 Å². The van der Waals surface area contributed by atoms with Crippen molar-refractivity contribution in [1.29, 1.82) is 0 Å². The number of quaternary nitrogens is 1. The van der Waals surface area contributed by atoms with Crippen LogP contribution >= 0.6 is 0 Å². The first kappa shape index (κ1) is 28.1. The Balaban J connectivity index is 0. The summed E-state index contributed by atoms with van der Waals surface area (Å²) in [6, 6.07) is 0. The Labute approximate surface area is 164 Å². The van der Waals surface area contributed by atoms with E-state index in [1.165, 1.54) is 70.6 Å². The van der Waals surface area contributed by atoms with Gasteiger partial charge in [0.15, 0.2) is 0 Å². The van der Waals surface area contributed by atoms with Crippen LogP contribution in [0.4, 0.5) is 0 Å². The second kappa shape index (κ2) is 15.9. The van der Waals surface area contributed by atoms with E-state index in [0.717, 1.165) is 25.2 Å². The predicted octanol–water partition coefficient (Wildman–Crippen LogP) is 7.19. The molecule has 26 heavy (non-hydrogen) atoms. The molecule has 4 nitrogen and oxygen atoms in total. The molecular formula is C21H47NO3S. The molecule has 4 N–H and O–H groups in total. The van der Waals surface area contributed by atoms with Gasteiger partial charge in [-0.25, -0.2) is 8.42 Å². The van der Waals surface area contributed by atoms with E-state index in [1.54, 1.807) is 13.8 Å². The first-order chi connectivity index (χ1) is 11.7. The molecule has 0 spiro atoms. The van der Waals surface area contributed by atoms with E-state index in [2.05, 4.69) is 13.8 Å². The molecule has 0 aliphatic heterocycles. The van der Waals surface area contributed by atoms with Crippen LogP contribution in [0.15, 0.2) is 0 Å². The molecule has 0 aliphatic carbocycles. The van der Waals surface area contributed by atoms with Crippen molar-refractivity contribution >= 4 is 10.1 Å². The van der Waals surface area contributed by atoms with Gasteiger partial charge in [0.25, 0.3) is 0 Å². The van der Waals surface area contributed by atoms with Crippen molar-refractivity contribution in [3.8, 4) is 0 Å². The van der Waals surface area contributed by atoms with Crippen LogP contribution in [0.3, 0.4) is 0 Å². The number of hydrogen-bond acceptors (Lipinski definition) is 3. The normalized spacial score (nSPS) is 12.4. The van der Waals surface area contributed by atoms with Crippen LogP contribution in [0.25, 0.3) is 0 Å². The van der Waals surface area contributed by atoms with Gasteiger partial charge >= 0.3 is 0 Å². The van der Waals surface area contributed by atoms with E-state index < -0.39 is 14.9 Å². The SMILES string of the molecule is CC(C)CCCCCCCCCCCCCCCC(C)(C)S(=O)(=O)[O-].[NH4+]. The summed E-state index contributed by atoms with van der Waals surface area (Å²) in [5.74, 6) is 0.853. The van der Waals surface area contributed by atoms with Crippen LogP contribution in [-0.4, -0.2) is 17.7 Å². The van der Waals surface area contributed by atoms with Gasteiger partial charge in [-0.3, -0.25) is 0 Å². The summed E-state index contributed by atoms with van der Waals surface area (Å²) in [5.41, 5.74) is 0. The zero-order valence-corrected chi connectivity index (χ0v) is 19.1. The Hall–Kier alpha value is -0.130. The first-order valence-corrected chi connectivity index (χ1v) is 12.0. The molecule has 0 heterocycles. The molecule has 0 amide bonds. The van der Waals surface area contributed by atoms with Crippen molar-refractivity contribution in [3.05, 3.63) is 0 Å². The summed E-state index contributed by atoms with van der Waals surface area (Å²) < 4.78 is 32.2. The van der Waals surface area contributed by atoms with Gasteiger partial charge in [-0.1, -0.05) is 104 Å². The van der Waals surface area contributed by atoms with Gasteiger partial charge < -0.3 is 10.7 Å². The zero-order chi connectivity index (χ0) is 19.2. The monoisotopic (exact) mass is 393 g/mol. The lowest BCUT2D eigenvalue weighted by atomic mass is 10.0. The Morgan fingerprint density at radius 1 is 0.692 bits per heavy atom. The van der Waals surface area contributed by atoms with Crippen LogP contribution in [0.2, 0.25) is 0 Å². The molecule has 0 aromatic carbocycles. The lowest BCUT2D eigenvalue weighted by molar-refractivity contribution is 0.408. The molecule has 0 unspecified atom stereocenters. The molecule has 160 valence electrons. The van der Waals surface area contributed by atoms with Gasteiger partial charge in [0, 0.05) is 0 Å². The summed E-state index contributed by atoms with van der Waals surface area (Å²) in [4.78, 5) is 0. The molecule has 0 aromatic rings. The number of hydrogen-bond donors (Lipinski definition) is 1. The minimum atomic E-state index is -4.17. The summed E-state index contributed by atoms with van der Waals surface area (Å²) in [6.45, 7) is 7.69. The largest absolute Gasteiger partial charge is 0.748 e. The highest BCUT2D eigenvalue weighted by molar-refractivity contribution is 7.87. The number of unbranched alkanes of at least 4 members (excludes halogenated alkanes) is 12. The fraction of sp³-hybridized carbons (Fsp3) is 1.00. The minimum Gasteiger partial charge on any atom is -0.748 e. The van der Waals surface area contributed by atoms with Crippen molar-refractivity contribution < 1.29 is 13.0 Å². The molecule has 0 aromatic heterocycles. The first-order valence-electron chi connectivity index (χ1n) is 10.6. The number of rotatable bonds is 17. The van der Waals surface area contributed by atoms with Crippen molar-refractivity contribution in [3.63, 3.8) is 0 Å². The van der Waals surface area contributed by atoms with Gasteiger partial charge in [0.2, 0.25) is 0 Å². The Bertz CT molecular complexity index is 405. The van der Waals surface area contributed by atoms with Crippen molar-refractivity contribution in [2.75, 3.05) is 0 Å². The predicted molar refractivity (Wildman–Crippen MR) is 114 cm³/mol. The second-order valence-corrected chi connectivity index (χ2v) is 10.8. The smallest absolute Gasteiger partial charge is 0.0999 e. The molecule has 0 aliphatic rings. The summed E-state index contributed by atoms with van der Waals surface area (Å²) in [7, 11) is -4.17. The Kier molecular flexibility index (Phi) is 17.2. The van der Waals surface area contributed by atoms with Crippen molar-refractivity contribution in [1.82, 2.24) is 6.15 Å². The third-order valence-electron chi connectivity index (χ3n) is 5.24. The fourth-order valence-corrected chi connectivity index (χ4v) is 3.57. The quantitative estimate of drug-likeness (QED) is 0.209. The molecule has 0 bridgehead atoms. The second-order valence-electron chi connectivity index (χ2n) is 8.74. The van der Waals surface area contributed by atoms with E-state index in [9.17, 15) is 13.0 Å². The molecule has 5 heteroatoms. The molecule has 0 fully saturated rings. The highest BCUT2D eigenvalue weighted by atomic mass is 32.2. The summed E-state index contributed by atoms with van der Waals surface area (Å²) in [5, 5.41) is 0. The van der Waals surface area contributed by atoms with Crippen LogP contribution in [-0.2, 0) is 10.1 Å².